The van der Waals surface area contributed by atoms with Crippen LogP contribution in [0.1, 0.15) is 32.6 Å². The first-order valence-corrected chi connectivity index (χ1v) is 11.6. The largest absolute Gasteiger partial charge is 0.350 e. The van der Waals surface area contributed by atoms with Gasteiger partial charge in [0.2, 0.25) is 0 Å². The van der Waals surface area contributed by atoms with Gasteiger partial charge in [-0.2, -0.15) is 0 Å². The van der Waals surface area contributed by atoms with E-state index in [-0.39, 0.29) is 5.91 Å². The zero-order valence-electron chi connectivity index (χ0n) is 18.3. The summed E-state index contributed by atoms with van der Waals surface area (Å²) in [6.45, 7) is 7.67. The van der Waals surface area contributed by atoms with Gasteiger partial charge >= 0.3 is 0 Å². The van der Waals surface area contributed by atoms with E-state index in [0.717, 1.165) is 17.9 Å². The van der Waals surface area contributed by atoms with E-state index in [1.54, 1.807) is 0 Å². The van der Waals surface area contributed by atoms with E-state index in [1.165, 1.54) is 32.5 Å². The molecule has 1 heterocycles. The fourth-order valence-electron chi connectivity index (χ4n) is 3.72. The van der Waals surface area contributed by atoms with Crippen LogP contribution < -0.4 is 5.32 Å². The average molecular weight is 429 g/mol. The predicted octanol–water partition coefficient (Wildman–Crippen LogP) is 6.29. The van der Waals surface area contributed by atoms with Gasteiger partial charge < -0.3 is 9.88 Å². The summed E-state index contributed by atoms with van der Waals surface area (Å²) < 4.78 is 2.25. The Morgan fingerprint density at radius 3 is 2.48 bits per heavy atom. The molecule has 158 valence electrons. The molecule has 0 aliphatic rings. The van der Waals surface area contributed by atoms with Crippen molar-refractivity contribution < 1.29 is 4.79 Å². The summed E-state index contributed by atoms with van der Waals surface area (Å²) in [6.07, 6.45) is 2.22. The Bertz CT molecular complexity index is 1210. The number of hydrogen-bond acceptors (Lipinski definition) is 2. The minimum atomic E-state index is -0.0269. The number of nitrogens with zero attached hydrogens (tertiary/aromatic N) is 1. The van der Waals surface area contributed by atoms with Gasteiger partial charge in [-0.3, -0.25) is 4.79 Å². The number of rotatable bonds is 7. The third-order valence-corrected chi connectivity index (χ3v) is 6.68. The summed E-state index contributed by atoms with van der Waals surface area (Å²) >= 11 is 1.88. The standard InChI is InChI=1S/C27H28N2OS/c1-19-9-12-22(13-10-19)27(30)28-14-15-29-17-26(24-6-4-5-7-25(24)29)31-18-23-16-20(2)8-11-21(23)3/h4-13,16-17H,14-15,18H2,1-3H3,(H,28,30). The Kier molecular flexibility index (Phi) is 6.47. The number of carbonyl (C=O) groups is 1. The summed E-state index contributed by atoms with van der Waals surface area (Å²) in [7, 11) is 0. The molecule has 0 aliphatic heterocycles. The molecular formula is C27H28N2OS. The van der Waals surface area contributed by atoms with Crippen LogP contribution in [0.3, 0.4) is 0 Å². The van der Waals surface area contributed by atoms with Gasteiger partial charge in [-0.25, -0.2) is 0 Å². The highest BCUT2D eigenvalue weighted by atomic mass is 32.2. The van der Waals surface area contributed by atoms with Crippen molar-refractivity contribution in [2.24, 2.45) is 0 Å². The van der Waals surface area contributed by atoms with Crippen LogP contribution in [0, 0.1) is 20.8 Å². The fraction of sp³-hybridized carbons (Fsp3) is 0.222. The lowest BCUT2D eigenvalue weighted by molar-refractivity contribution is 0.0952. The molecule has 1 amide bonds. The Hall–Kier alpha value is -2.98. The highest BCUT2D eigenvalue weighted by molar-refractivity contribution is 7.98. The van der Waals surface area contributed by atoms with Crippen LogP contribution in [0.15, 0.2) is 77.8 Å². The van der Waals surface area contributed by atoms with Crippen LogP contribution in [0.4, 0.5) is 0 Å². The molecule has 0 bridgehead atoms. The highest BCUT2D eigenvalue weighted by Crippen LogP contribution is 2.32. The van der Waals surface area contributed by atoms with Gasteiger partial charge in [-0.05, 0) is 50.1 Å². The highest BCUT2D eigenvalue weighted by Gasteiger charge is 2.11. The first-order chi connectivity index (χ1) is 15.0. The van der Waals surface area contributed by atoms with Gasteiger partial charge in [0.05, 0.1) is 0 Å². The Labute approximate surface area is 188 Å². The van der Waals surface area contributed by atoms with Crippen molar-refractivity contribution in [3.05, 3.63) is 101 Å². The maximum atomic E-state index is 12.4. The van der Waals surface area contributed by atoms with Crippen molar-refractivity contribution >= 4 is 28.6 Å². The molecule has 0 spiro atoms. The zero-order chi connectivity index (χ0) is 21.8. The van der Waals surface area contributed by atoms with E-state index >= 15 is 0 Å². The van der Waals surface area contributed by atoms with Gasteiger partial charge in [0.1, 0.15) is 0 Å². The molecule has 0 unspecified atom stereocenters. The van der Waals surface area contributed by atoms with Gasteiger partial charge in [-0.15, -0.1) is 11.8 Å². The number of para-hydroxylation sites is 1. The van der Waals surface area contributed by atoms with E-state index in [4.69, 9.17) is 0 Å². The van der Waals surface area contributed by atoms with Crippen LogP contribution in [0.2, 0.25) is 0 Å². The monoisotopic (exact) mass is 428 g/mol. The smallest absolute Gasteiger partial charge is 0.251 e. The molecular weight excluding hydrogens is 400 g/mol. The number of hydrogen-bond donors (Lipinski definition) is 1. The fourth-order valence-corrected chi connectivity index (χ4v) is 4.87. The second-order valence-electron chi connectivity index (χ2n) is 8.04. The maximum Gasteiger partial charge on any atom is 0.251 e. The number of amides is 1. The first-order valence-electron chi connectivity index (χ1n) is 10.6. The van der Waals surface area contributed by atoms with Crippen LogP contribution in [-0.4, -0.2) is 17.0 Å². The van der Waals surface area contributed by atoms with Gasteiger partial charge in [-0.1, -0.05) is 59.7 Å². The number of aryl methyl sites for hydroxylation is 3. The average Bonchev–Trinajstić information content (AvgIpc) is 3.12. The lowest BCUT2D eigenvalue weighted by Gasteiger charge is -2.08. The molecule has 0 aliphatic carbocycles. The number of fused-ring (bicyclic) bond motifs is 1. The summed E-state index contributed by atoms with van der Waals surface area (Å²) in [6, 6.07) is 22.8. The summed E-state index contributed by atoms with van der Waals surface area (Å²) in [4.78, 5) is 13.7. The molecule has 1 N–H and O–H groups in total. The lowest BCUT2D eigenvalue weighted by atomic mass is 10.1. The molecule has 4 heteroatoms. The minimum absolute atomic E-state index is 0.0269. The normalized spacial score (nSPS) is 11.1. The molecule has 4 rings (SSSR count). The van der Waals surface area contributed by atoms with Crippen molar-refractivity contribution in [2.75, 3.05) is 6.54 Å². The Morgan fingerprint density at radius 2 is 1.68 bits per heavy atom. The molecule has 0 saturated carbocycles. The third kappa shape index (κ3) is 5.02. The van der Waals surface area contributed by atoms with Gasteiger partial charge in [0.15, 0.2) is 0 Å². The number of nitrogens with one attached hydrogen (secondary N) is 1. The quantitative estimate of drug-likeness (QED) is 0.351. The lowest BCUT2D eigenvalue weighted by Crippen LogP contribution is -2.27. The van der Waals surface area contributed by atoms with Gasteiger partial charge in [0.25, 0.3) is 5.91 Å². The predicted molar refractivity (Wildman–Crippen MR) is 131 cm³/mol. The second-order valence-corrected chi connectivity index (χ2v) is 9.06. The molecule has 0 radical (unpaired) electrons. The molecule has 3 nitrogen and oxygen atoms in total. The van der Waals surface area contributed by atoms with E-state index in [2.05, 4.69) is 72.4 Å². The minimum Gasteiger partial charge on any atom is -0.350 e. The van der Waals surface area contributed by atoms with Crippen molar-refractivity contribution in [1.29, 1.82) is 0 Å². The van der Waals surface area contributed by atoms with E-state index < -0.39 is 0 Å². The van der Waals surface area contributed by atoms with Crippen LogP contribution in [0.5, 0.6) is 0 Å². The van der Waals surface area contributed by atoms with Crippen molar-refractivity contribution in [1.82, 2.24) is 9.88 Å². The summed E-state index contributed by atoms with van der Waals surface area (Å²) in [5.41, 5.74) is 7.07. The summed E-state index contributed by atoms with van der Waals surface area (Å²) in [5.74, 6) is 0.923. The number of benzene rings is 3. The first kappa shape index (κ1) is 21.3. The molecule has 0 fully saturated rings. The van der Waals surface area contributed by atoms with Gasteiger partial charge in [0, 0.05) is 46.4 Å². The molecule has 1 aromatic heterocycles. The molecule has 3 aromatic carbocycles. The van der Waals surface area contributed by atoms with Crippen LogP contribution >= 0.6 is 11.8 Å². The molecule has 0 saturated heterocycles. The number of aromatic nitrogens is 1. The Morgan fingerprint density at radius 1 is 0.935 bits per heavy atom. The SMILES string of the molecule is Cc1ccc(C(=O)NCCn2cc(SCc3cc(C)ccc3C)c3ccccc32)cc1. The zero-order valence-corrected chi connectivity index (χ0v) is 19.1. The molecule has 4 aromatic rings. The third-order valence-electron chi connectivity index (χ3n) is 5.59. The van der Waals surface area contributed by atoms with E-state index in [9.17, 15) is 4.79 Å². The van der Waals surface area contributed by atoms with Crippen LogP contribution in [0.25, 0.3) is 10.9 Å². The van der Waals surface area contributed by atoms with Crippen molar-refractivity contribution in [3.8, 4) is 0 Å². The molecule has 31 heavy (non-hydrogen) atoms. The number of thioether (sulfide) groups is 1. The molecule has 0 atom stereocenters. The maximum absolute atomic E-state index is 12.4. The van der Waals surface area contributed by atoms with E-state index in [0.29, 0.717) is 12.1 Å². The van der Waals surface area contributed by atoms with E-state index in [1.807, 2.05) is 43.0 Å². The topological polar surface area (TPSA) is 34.0 Å². The number of carbonyl (C=O) groups excluding carboxylic acids is 1. The van der Waals surface area contributed by atoms with Crippen molar-refractivity contribution in [2.45, 2.75) is 38.0 Å². The Balaban J connectivity index is 1.45. The second kappa shape index (κ2) is 9.44. The van der Waals surface area contributed by atoms with Crippen molar-refractivity contribution in [3.63, 3.8) is 0 Å². The van der Waals surface area contributed by atoms with Crippen LogP contribution in [-0.2, 0) is 12.3 Å². The summed E-state index contributed by atoms with van der Waals surface area (Å²) in [5, 5.41) is 4.31.